The molecule has 0 aliphatic heterocycles. The van der Waals surface area contributed by atoms with Crippen LogP contribution in [0.5, 0.6) is 5.75 Å². The highest BCUT2D eigenvalue weighted by atomic mass is 16.5. The smallest absolute Gasteiger partial charge is 0.122 e. The average Bonchev–Trinajstić information content (AvgIpc) is 2.40. The summed E-state index contributed by atoms with van der Waals surface area (Å²) in [5.74, 6) is 1.01. The normalized spacial score (nSPS) is 14.8. The molecule has 0 saturated heterocycles. The molecule has 0 aliphatic rings. The summed E-state index contributed by atoms with van der Waals surface area (Å²) in [5.41, 5.74) is 2.76. The third-order valence-electron chi connectivity index (χ3n) is 4.02. The Morgan fingerprint density at radius 3 is 2.33 bits per heavy atom. The van der Waals surface area contributed by atoms with Crippen LogP contribution >= 0.6 is 0 Å². The molecule has 1 rings (SSSR count). The van der Waals surface area contributed by atoms with Gasteiger partial charge in [-0.1, -0.05) is 46.8 Å². The van der Waals surface area contributed by atoms with Crippen molar-refractivity contribution < 1.29 is 4.74 Å². The van der Waals surface area contributed by atoms with Crippen LogP contribution in [-0.2, 0) is 5.41 Å². The van der Waals surface area contributed by atoms with E-state index >= 15 is 0 Å². The lowest BCUT2D eigenvalue weighted by molar-refractivity contribution is 0.166. The summed E-state index contributed by atoms with van der Waals surface area (Å²) in [6.07, 6.45) is 2.42. The molecule has 0 spiro atoms. The maximum atomic E-state index is 6.20. The summed E-state index contributed by atoms with van der Waals surface area (Å²) in [6.45, 7) is 16.5. The number of ether oxygens (including phenoxy) is 1. The largest absolute Gasteiger partial charge is 0.489 e. The lowest BCUT2D eigenvalue weighted by Gasteiger charge is -2.26. The highest BCUT2D eigenvalue weighted by Gasteiger charge is 2.19. The molecule has 0 saturated carbocycles. The fourth-order valence-electron chi connectivity index (χ4n) is 2.50. The van der Waals surface area contributed by atoms with Crippen LogP contribution in [0.3, 0.4) is 0 Å². The molecule has 0 fully saturated rings. The van der Waals surface area contributed by atoms with Gasteiger partial charge in [0.05, 0.1) is 0 Å². The van der Waals surface area contributed by atoms with E-state index in [0.29, 0.717) is 6.04 Å². The van der Waals surface area contributed by atoms with Crippen molar-refractivity contribution in [3.63, 3.8) is 0 Å². The molecular formula is C19H33NO. The van der Waals surface area contributed by atoms with Gasteiger partial charge in [0, 0.05) is 6.04 Å². The Kier molecular flexibility index (Phi) is 6.73. The van der Waals surface area contributed by atoms with Crippen molar-refractivity contribution in [3.05, 3.63) is 29.3 Å². The maximum Gasteiger partial charge on any atom is 0.122 e. The molecule has 2 atom stereocenters. The monoisotopic (exact) mass is 291 g/mol. The first kappa shape index (κ1) is 18.0. The van der Waals surface area contributed by atoms with Gasteiger partial charge in [0.2, 0.25) is 0 Å². The van der Waals surface area contributed by atoms with E-state index in [9.17, 15) is 0 Å². The molecular weight excluding hydrogens is 258 g/mol. The summed E-state index contributed by atoms with van der Waals surface area (Å²) in [7, 11) is 0. The summed E-state index contributed by atoms with van der Waals surface area (Å²) in [6, 6.07) is 6.98. The minimum Gasteiger partial charge on any atom is -0.489 e. The Morgan fingerprint density at radius 1 is 1.19 bits per heavy atom. The van der Waals surface area contributed by atoms with Crippen molar-refractivity contribution in [1.82, 2.24) is 5.32 Å². The van der Waals surface area contributed by atoms with E-state index in [1.165, 1.54) is 11.1 Å². The van der Waals surface area contributed by atoms with Crippen LogP contribution < -0.4 is 10.1 Å². The van der Waals surface area contributed by atoms with E-state index in [1.807, 2.05) is 0 Å². The van der Waals surface area contributed by atoms with E-state index in [1.54, 1.807) is 0 Å². The first-order chi connectivity index (χ1) is 9.79. The van der Waals surface area contributed by atoms with Crippen LogP contribution in [0, 0.1) is 6.92 Å². The van der Waals surface area contributed by atoms with Crippen LogP contribution in [-0.4, -0.2) is 18.7 Å². The summed E-state index contributed by atoms with van der Waals surface area (Å²) in [4.78, 5) is 0. The molecule has 0 aromatic heterocycles. The summed E-state index contributed by atoms with van der Waals surface area (Å²) >= 11 is 0. The second kappa shape index (κ2) is 7.84. The Hall–Kier alpha value is -1.02. The molecule has 0 heterocycles. The number of hydrogen-bond acceptors (Lipinski definition) is 2. The van der Waals surface area contributed by atoms with E-state index in [2.05, 4.69) is 72.0 Å². The number of benzene rings is 1. The minimum atomic E-state index is 0.181. The zero-order chi connectivity index (χ0) is 16.0. The first-order valence-electron chi connectivity index (χ1n) is 8.30. The zero-order valence-electron chi connectivity index (χ0n) is 14.9. The van der Waals surface area contributed by atoms with Crippen LogP contribution in [0.1, 0.15) is 65.5 Å². The van der Waals surface area contributed by atoms with Gasteiger partial charge in [0.1, 0.15) is 11.9 Å². The highest BCUT2D eigenvalue weighted by molar-refractivity contribution is 5.38. The molecule has 1 aromatic carbocycles. The molecule has 2 unspecified atom stereocenters. The molecule has 1 aromatic rings. The predicted octanol–water partition coefficient (Wildman–Crippen LogP) is 4.84. The fourth-order valence-corrected chi connectivity index (χ4v) is 2.50. The van der Waals surface area contributed by atoms with Crippen molar-refractivity contribution in [3.8, 4) is 5.75 Å². The third kappa shape index (κ3) is 5.35. The van der Waals surface area contributed by atoms with Crippen molar-refractivity contribution in [2.45, 2.75) is 78.9 Å². The molecule has 1 N–H and O–H groups in total. The van der Waals surface area contributed by atoms with Gasteiger partial charge in [0.15, 0.2) is 0 Å². The summed E-state index contributed by atoms with van der Waals surface area (Å²) in [5, 5.41) is 3.57. The van der Waals surface area contributed by atoms with Crippen LogP contribution in [0.15, 0.2) is 18.2 Å². The van der Waals surface area contributed by atoms with E-state index in [-0.39, 0.29) is 11.5 Å². The van der Waals surface area contributed by atoms with Crippen LogP contribution in [0.4, 0.5) is 0 Å². The third-order valence-corrected chi connectivity index (χ3v) is 4.02. The Bertz CT molecular complexity index is 434. The molecule has 21 heavy (non-hydrogen) atoms. The van der Waals surface area contributed by atoms with Gasteiger partial charge < -0.3 is 10.1 Å². The van der Waals surface area contributed by atoms with Gasteiger partial charge in [-0.2, -0.15) is 0 Å². The summed E-state index contributed by atoms with van der Waals surface area (Å²) < 4.78 is 6.20. The number of hydrogen-bond donors (Lipinski definition) is 1. The topological polar surface area (TPSA) is 21.3 Å². The number of rotatable bonds is 7. The Morgan fingerprint density at radius 2 is 1.86 bits per heavy atom. The van der Waals surface area contributed by atoms with Crippen molar-refractivity contribution >= 4 is 0 Å². The SMILES string of the molecule is CCCNC(CC)C(C)Oc1ccc(C(C)(C)C)cc1C. The lowest BCUT2D eigenvalue weighted by Crippen LogP contribution is -2.41. The number of aryl methyl sites for hydroxylation is 1. The minimum absolute atomic E-state index is 0.181. The van der Waals surface area contributed by atoms with Gasteiger partial charge in [-0.25, -0.2) is 0 Å². The predicted molar refractivity (Wildman–Crippen MR) is 92.3 cm³/mol. The van der Waals surface area contributed by atoms with Crippen LogP contribution in [0.25, 0.3) is 0 Å². The molecule has 120 valence electrons. The molecule has 2 heteroatoms. The van der Waals surface area contributed by atoms with Crippen LogP contribution in [0.2, 0.25) is 0 Å². The van der Waals surface area contributed by atoms with Gasteiger partial charge >= 0.3 is 0 Å². The van der Waals surface area contributed by atoms with Crippen molar-refractivity contribution in [2.75, 3.05) is 6.54 Å². The highest BCUT2D eigenvalue weighted by Crippen LogP contribution is 2.28. The average molecular weight is 291 g/mol. The molecule has 2 nitrogen and oxygen atoms in total. The van der Waals surface area contributed by atoms with Crippen molar-refractivity contribution in [2.24, 2.45) is 0 Å². The van der Waals surface area contributed by atoms with Crippen molar-refractivity contribution in [1.29, 1.82) is 0 Å². The Balaban J connectivity index is 2.78. The maximum absolute atomic E-state index is 6.20. The van der Waals surface area contributed by atoms with E-state index in [0.717, 1.165) is 25.1 Å². The van der Waals surface area contributed by atoms with Gasteiger partial charge in [-0.05, 0) is 55.8 Å². The molecule has 0 aliphatic carbocycles. The Labute approximate surface area is 131 Å². The second-order valence-electron chi connectivity index (χ2n) is 7.02. The van der Waals surface area contributed by atoms with E-state index in [4.69, 9.17) is 4.74 Å². The fraction of sp³-hybridized carbons (Fsp3) is 0.684. The van der Waals surface area contributed by atoms with Gasteiger partial charge in [-0.15, -0.1) is 0 Å². The zero-order valence-corrected chi connectivity index (χ0v) is 14.9. The molecule has 0 radical (unpaired) electrons. The quantitative estimate of drug-likeness (QED) is 0.776. The van der Waals surface area contributed by atoms with E-state index < -0.39 is 0 Å². The van der Waals surface area contributed by atoms with Gasteiger partial charge in [-0.3, -0.25) is 0 Å². The molecule has 0 bridgehead atoms. The lowest BCUT2D eigenvalue weighted by atomic mass is 9.86. The molecule has 0 amide bonds. The number of nitrogens with one attached hydrogen (secondary N) is 1. The second-order valence-corrected chi connectivity index (χ2v) is 7.02. The standard InChI is InChI=1S/C19H33NO/c1-8-12-20-17(9-2)15(4)21-18-11-10-16(13-14(18)3)19(5,6)7/h10-11,13,15,17,20H,8-9,12H2,1-7H3. The van der Waals surface area contributed by atoms with Gasteiger partial charge in [0.25, 0.3) is 0 Å². The first-order valence-corrected chi connectivity index (χ1v) is 8.30.